The molecule has 0 bridgehead atoms. The van der Waals surface area contributed by atoms with E-state index in [0.29, 0.717) is 22.6 Å². The summed E-state index contributed by atoms with van der Waals surface area (Å²) >= 11 is 0. The van der Waals surface area contributed by atoms with Crippen LogP contribution in [0.25, 0.3) is 0 Å². The van der Waals surface area contributed by atoms with E-state index in [4.69, 9.17) is 4.74 Å². The van der Waals surface area contributed by atoms with Gasteiger partial charge in [0.15, 0.2) is 0 Å². The van der Waals surface area contributed by atoms with Gasteiger partial charge in [-0.15, -0.1) is 0 Å². The topological polar surface area (TPSA) is 67.4 Å². The van der Waals surface area contributed by atoms with Crippen LogP contribution in [0, 0.1) is 13.8 Å². The molecule has 0 spiro atoms. The van der Waals surface area contributed by atoms with Crippen molar-refractivity contribution in [2.45, 2.75) is 33.7 Å². The minimum absolute atomic E-state index is 0.0720. The fourth-order valence-electron chi connectivity index (χ4n) is 2.50. The lowest BCUT2D eigenvalue weighted by Gasteiger charge is -2.12. The Morgan fingerprint density at radius 3 is 2.28 bits per heavy atom. The van der Waals surface area contributed by atoms with Crippen LogP contribution in [0.4, 0.5) is 5.69 Å². The van der Waals surface area contributed by atoms with Crippen LogP contribution in [0.3, 0.4) is 0 Å². The summed E-state index contributed by atoms with van der Waals surface area (Å²) in [5.41, 5.74) is 3.53. The van der Waals surface area contributed by atoms with Crippen LogP contribution in [0.15, 0.2) is 36.4 Å². The molecule has 132 valence electrons. The van der Waals surface area contributed by atoms with Crippen molar-refractivity contribution < 1.29 is 14.3 Å². The zero-order valence-electron chi connectivity index (χ0n) is 15.3. The second-order valence-electron chi connectivity index (χ2n) is 6.30. The zero-order valence-corrected chi connectivity index (χ0v) is 15.3. The van der Waals surface area contributed by atoms with E-state index in [0.717, 1.165) is 11.1 Å². The largest absolute Gasteiger partial charge is 0.496 e. The molecule has 0 unspecified atom stereocenters. The molecule has 0 atom stereocenters. The molecule has 2 N–H and O–H groups in total. The van der Waals surface area contributed by atoms with Crippen LogP contribution >= 0.6 is 0 Å². The van der Waals surface area contributed by atoms with Gasteiger partial charge in [-0.1, -0.05) is 6.07 Å². The van der Waals surface area contributed by atoms with Gasteiger partial charge in [-0.2, -0.15) is 0 Å². The number of methoxy groups -OCH3 is 1. The van der Waals surface area contributed by atoms with Gasteiger partial charge in [0.1, 0.15) is 5.75 Å². The predicted octanol–water partition coefficient (Wildman–Crippen LogP) is 3.70. The fraction of sp³-hybridized carbons (Fsp3) is 0.300. The smallest absolute Gasteiger partial charge is 0.255 e. The van der Waals surface area contributed by atoms with Gasteiger partial charge >= 0.3 is 0 Å². The first kappa shape index (κ1) is 18.5. The van der Waals surface area contributed by atoms with Gasteiger partial charge in [-0.05, 0) is 69.2 Å². The molecule has 0 saturated carbocycles. The van der Waals surface area contributed by atoms with Gasteiger partial charge in [-0.25, -0.2) is 0 Å². The van der Waals surface area contributed by atoms with Crippen molar-refractivity contribution in [2.75, 3.05) is 12.4 Å². The number of benzene rings is 2. The minimum Gasteiger partial charge on any atom is -0.496 e. The van der Waals surface area contributed by atoms with Crippen LogP contribution in [0.5, 0.6) is 5.75 Å². The highest BCUT2D eigenvalue weighted by Gasteiger charge is 2.13. The lowest BCUT2D eigenvalue weighted by atomic mass is 10.1. The number of aryl methyl sites for hydroxylation is 2. The fourth-order valence-corrected chi connectivity index (χ4v) is 2.50. The van der Waals surface area contributed by atoms with E-state index in [9.17, 15) is 9.59 Å². The van der Waals surface area contributed by atoms with E-state index < -0.39 is 0 Å². The standard InChI is InChI=1S/C20H24N2O3/c1-12(2)21-20(24)17-9-8-16(10-14(17)4)22-19(23)15-7-6-13(3)18(11-15)25-5/h6-12H,1-5H3,(H,21,24)(H,22,23). The molecule has 2 rings (SSSR count). The SMILES string of the molecule is COc1cc(C(=O)Nc2ccc(C(=O)NC(C)C)c(C)c2)ccc1C. The van der Waals surface area contributed by atoms with E-state index in [1.165, 1.54) is 0 Å². The quantitative estimate of drug-likeness (QED) is 0.872. The highest BCUT2D eigenvalue weighted by atomic mass is 16.5. The second-order valence-corrected chi connectivity index (χ2v) is 6.30. The van der Waals surface area contributed by atoms with E-state index in [1.54, 1.807) is 37.4 Å². The molecular weight excluding hydrogens is 316 g/mol. The summed E-state index contributed by atoms with van der Waals surface area (Å²) in [6.45, 7) is 7.60. The molecule has 5 nitrogen and oxygen atoms in total. The molecule has 0 aromatic heterocycles. The number of rotatable bonds is 5. The summed E-state index contributed by atoms with van der Waals surface area (Å²) < 4.78 is 5.25. The number of carbonyl (C=O) groups excluding carboxylic acids is 2. The Morgan fingerprint density at radius 2 is 1.68 bits per heavy atom. The van der Waals surface area contributed by atoms with Gasteiger partial charge < -0.3 is 15.4 Å². The van der Waals surface area contributed by atoms with Crippen molar-refractivity contribution in [1.82, 2.24) is 5.32 Å². The predicted molar refractivity (Wildman–Crippen MR) is 99.5 cm³/mol. The summed E-state index contributed by atoms with van der Waals surface area (Å²) in [6, 6.07) is 10.6. The van der Waals surface area contributed by atoms with Gasteiger partial charge in [0.25, 0.3) is 11.8 Å². The summed E-state index contributed by atoms with van der Waals surface area (Å²) in [5.74, 6) is 0.329. The van der Waals surface area contributed by atoms with Crippen molar-refractivity contribution in [1.29, 1.82) is 0 Å². The second kappa shape index (κ2) is 7.83. The molecule has 0 aliphatic rings. The third kappa shape index (κ3) is 4.59. The van der Waals surface area contributed by atoms with Crippen molar-refractivity contribution in [3.63, 3.8) is 0 Å². The number of hydrogen-bond donors (Lipinski definition) is 2. The Balaban J connectivity index is 2.16. The van der Waals surface area contributed by atoms with Crippen molar-refractivity contribution >= 4 is 17.5 Å². The van der Waals surface area contributed by atoms with Crippen LogP contribution < -0.4 is 15.4 Å². The van der Waals surface area contributed by atoms with E-state index >= 15 is 0 Å². The average molecular weight is 340 g/mol. The van der Waals surface area contributed by atoms with E-state index in [1.807, 2.05) is 33.8 Å². The molecule has 0 aliphatic carbocycles. The van der Waals surface area contributed by atoms with Crippen molar-refractivity contribution in [3.05, 3.63) is 58.7 Å². The average Bonchev–Trinajstić information content (AvgIpc) is 2.54. The molecule has 0 saturated heterocycles. The summed E-state index contributed by atoms with van der Waals surface area (Å²) in [5, 5.41) is 5.71. The van der Waals surface area contributed by atoms with Crippen LogP contribution in [-0.2, 0) is 0 Å². The summed E-state index contributed by atoms with van der Waals surface area (Å²) in [7, 11) is 1.58. The normalized spacial score (nSPS) is 10.5. The van der Waals surface area contributed by atoms with Crippen molar-refractivity contribution in [3.8, 4) is 5.75 Å². The number of carbonyl (C=O) groups is 2. The molecular formula is C20H24N2O3. The van der Waals surface area contributed by atoms with E-state index in [2.05, 4.69) is 10.6 Å². The highest BCUT2D eigenvalue weighted by Crippen LogP contribution is 2.21. The number of amides is 2. The van der Waals surface area contributed by atoms with Gasteiger partial charge in [0.05, 0.1) is 7.11 Å². The lowest BCUT2D eigenvalue weighted by molar-refractivity contribution is 0.0942. The number of hydrogen-bond acceptors (Lipinski definition) is 3. The highest BCUT2D eigenvalue weighted by molar-refractivity contribution is 6.05. The Kier molecular flexibility index (Phi) is 5.80. The monoisotopic (exact) mass is 340 g/mol. The maximum absolute atomic E-state index is 12.4. The molecule has 2 aromatic rings. The first-order valence-electron chi connectivity index (χ1n) is 8.19. The number of anilines is 1. The molecule has 0 heterocycles. The molecule has 2 amide bonds. The third-order valence-corrected chi connectivity index (χ3v) is 3.82. The molecule has 0 radical (unpaired) electrons. The minimum atomic E-state index is -0.225. The lowest BCUT2D eigenvalue weighted by Crippen LogP contribution is -2.30. The third-order valence-electron chi connectivity index (χ3n) is 3.82. The molecule has 2 aromatic carbocycles. The zero-order chi connectivity index (χ0) is 18.6. The Morgan fingerprint density at radius 1 is 0.960 bits per heavy atom. The molecule has 0 fully saturated rings. The van der Waals surface area contributed by atoms with E-state index in [-0.39, 0.29) is 17.9 Å². The first-order valence-corrected chi connectivity index (χ1v) is 8.19. The van der Waals surface area contributed by atoms with Crippen LogP contribution in [-0.4, -0.2) is 25.0 Å². The molecule has 25 heavy (non-hydrogen) atoms. The molecule has 5 heteroatoms. The van der Waals surface area contributed by atoms with Crippen LogP contribution in [0.2, 0.25) is 0 Å². The number of ether oxygens (including phenoxy) is 1. The summed E-state index contributed by atoms with van der Waals surface area (Å²) in [4.78, 5) is 24.5. The first-order chi connectivity index (χ1) is 11.8. The maximum atomic E-state index is 12.4. The van der Waals surface area contributed by atoms with Crippen LogP contribution in [0.1, 0.15) is 45.7 Å². The molecule has 0 aliphatic heterocycles. The summed E-state index contributed by atoms with van der Waals surface area (Å²) in [6.07, 6.45) is 0. The van der Waals surface area contributed by atoms with Gasteiger partial charge in [0.2, 0.25) is 0 Å². The Bertz CT molecular complexity index is 798. The van der Waals surface area contributed by atoms with Gasteiger partial charge in [-0.3, -0.25) is 9.59 Å². The Hall–Kier alpha value is -2.82. The maximum Gasteiger partial charge on any atom is 0.255 e. The van der Waals surface area contributed by atoms with Gasteiger partial charge in [0, 0.05) is 22.9 Å². The Labute approximate surface area is 148 Å². The van der Waals surface area contributed by atoms with Crippen molar-refractivity contribution in [2.24, 2.45) is 0 Å². The number of nitrogens with one attached hydrogen (secondary N) is 2.